The number of nitro groups is 1. The molecular weight excluding hydrogens is 364 g/mol. The standard InChI is InChI=1S/C20H16N2O4S/c1-14(11-15-5-3-2-4-6-15)12-18-19(23)21(20(24)27-18)13-16-7-9-17(10-8-16)22(25)26/h2-12H,13H2,1H3/b14-11+,18-12+. The molecule has 2 amide bonds. The molecule has 7 heteroatoms. The van der Waals surface area contributed by atoms with E-state index in [2.05, 4.69) is 0 Å². The molecule has 2 aromatic carbocycles. The zero-order valence-electron chi connectivity index (χ0n) is 14.5. The van der Waals surface area contributed by atoms with Crippen molar-refractivity contribution in [1.82, 2.24) is 4.90 Å². The van der Waals surface area contributed by atoms with Crippen molar-refractivity contribution < 1.29 is 14.5 Å². The molecule has 1 heterocycles. The van der Waals surface area contributed by atoms with Crippen molar-refractivity contribution in [1.29, 1.82) is 0 Å². The van der Waals surface area contributed by atoms with Crippen LogP contribution >= 0.6 is 11.8 Å². The normalized spacial score (nSPS) is 16.3. The monoisotopic (exact) mass is 380 g/mol. The number of carbonyl (C=O) groups is 2. The van der Waals surface area contributed by atoms with Crippen molar-refractivity contribution in [2.45, 2.75) is 13.5 Å². The van der Waals surface area contributed by atoms with Crippen molar-refractivity contribution >= 4 is 34.7 Å². The molecule has 0 atom stereocenters. The number of hydrogen-bond acceptors (Lipinski definition) is 5. The van der Waals surface area contributed by atoms with Gasteiger partial charge in [-0.3, -0.25) is 24.6 Å². The number of imide groups is 1. The largest absolute Gasteiger partial charge is 0.293 e. The SMILES string of the molecule is CC(=C\c1ccccc1)/C=C1/SC(=O)N(Cc2ccc([N+](=O)[O-])cc2)C1=O. The van der Waals surface area contributed by atoms with Gasteiger partial charge < -0.3 is 0 Å². The smallest absolute Gasteiger partial charge is 0.268 e. The second-order valence-corrected chi connectivity index (χ2v) is 6.98. The van der Waals surface area contributed by atoms with Crippen LogP contribution in [-0.4, -0.2) is 21.0 Å². The maximum Gasteiger partial charge on any atom is 0.293 e. The molecule has 3 rings (SSSR count). The van der Waals surface area contributed by atoms with E-state index in [9.17, 15) is 19.7 Å². The lowest BCUT2D eigenvalue weighted by atomic mass is 10.1. The molecule has 0 radical (unpaired) electrons. The molecule has 1 fully saturated rings. The quantitative estimate of drug-likeness (QED) is 0.424. The summed E-state index contributed by atoms with van der Waals surface area (Å²) in [4.78, 5) is 36.5. The molecule has 0 spiro atoms. The summed E-state index contributed by atoms with van der Waals surface area (Å²) in [6.07, 6.45) is 3.64. The summed E-state index contributed by atoms with van der Waals surface area (Å²) in [7, 11) is 0. The van der Waals surface area contributed by atoms with Gasteiger partial charge in [-0.2, -0.15) is 0 Å². The Kier molecular flexibility index (Phi) is 5.52. The summed E-state index contributed by atoms with van der Waals surface area (Å²) in [6, 6.07) is 15.5. The van der Waals surface area contributed by atoms with Gasteiger partial charge in [-0.15, -0.1) is 0 Å². The first-order valence-corrected chi connectivity index (χ1v) is 8.98. The van der Waals surface area contributed by atoms with Gasteiger partial charge >= 0.3 is 0 Å². The summed E-state index contributed by atoms with van der Waals surface area (Å²) in [5.41, 5.74) is 2.49. The second-order valence-electron chi connectivity index (χ2n) is 5.99. The van der Waals surface area contributed by atoms with Crippen LogP contribution in [0.15, 0.2) is 71.2 Å². The predicted octanol–water partition coefficient (Wildman–Crippen LogP) is 4.78. The van der Waals surface area contributed by atoms with Gasteiger partial charge in [-0.25, -0.2) is 0 Å². The average Bonchev–Trinajstić information content (AvgIpc) is 2.90. The van der Waals surface area contributed by atoms with Crippen molar-refractivity contribution in [3.8, 4) is 0 Å². The number of nitro benzene ring substituents is 1. The number of hydrogen-bond donors (Lipinski definition) is 0. The van der Waals surface area contributed by atoms with E-state index in [4.69, 9.17) is 0 Å². The Balaban J connectivity index is 1.74. The summed E-state index contributed by atoms with van der Waals surface area (Å²) < 4.78 is 0. The van der Waals surface area contributed by atoms with Crippen LogP contribution in [0, 0.1) is 10.1 Å². The minimum absolute atomic E-state index is 0.0329. The van der Waals surface area contributed by atoms with Crippen LogP contribution < -0.4 is 0 Å². The van der Waals surface area contributed by atoms with E-state index in [0.29, 0.717) is 10.5 Å². The van der Waals surface area contributed by atoms with Gasteiger partial charge in [0, 0.05) is 12.1 Å². The number of rotatable bonds is 5. The van der Waals surface area contributed by atoms with E-state index in [1.54, 1.807) is 18.2 Å². The summed E-state index contributed by atoms with van der Waals surface area (Å²) in [5, 5.41) is 10.4. The number of nitrogens with zero attached hydrogens (tertiary/aromatic N) is 2. The van der Waals surface area contributed by atoms with E-state index in [1.165, 1.54) is 12.1 Å². The van der Waals surface area contributed by atoms with Crippen LogP contribution in [-0.2, 0) is 11.3 Å². The molecule has 0 bridgehead atoms. The first-order valence-electron chi connectivity index (χ1n) is 8.16. The number of benzene rings is 2. The zero-order valence-corrected chi connectivity index (χ0v) is 15.3. The molecule has 0 aliphatic carbocycles. The highest BCUT2D eigenvalue weighted by atomic mass is 32.2. The maximum absolute atomic E-state index is 12.6. The minimum Gasteiger partial charge on any atom is -0.268 e. The maximum atomic E-state index is 12.6. The molecule has 1 aliphatic heterocycles. The lowest BCUT2D eigenvalue weighted by Gasteiger charge is -2.12. The zero-order chi connectivity index (χ0) is 19.4. The Bertz CT molecular complexity index is 950. The lowest BCUT2D eigenvalue weighted by Crippen LogP contribution is -2.27. The van der Waals surface area contributed by atoms with E-state index >= 15 is 0 Å². The third kappa shape index (κ3) is 4.51. The van der Waals surface area contributed by atoms with E-state index in [-0.39, 0.29) is 23.4 Å². The van der Waals surface area contributed by atoms with Crippen LogP contribution in [0.25, 0.3) is 6.08 Å². The topological polar surface area (TPSA) is 80.5 Å². The van der Waals surface area contributed by atoms with E-state index < -0.39 is 4.92 Å². The molecule has 0 saturated carbocycles. The Morgan fingerprint density at radius 3 is 2.41 bits per heavy atom. The van der Waals surface area contributed by atoms with Crippen molar-refractivity contribution in [3.05, 3.63) is 92.4 Å². The lowest BCUT2D eigenvalue weighted by molar-refractivity contribution is -0.384. The Morgan fingerprint density at radius 1 is 1.11 bits per heavy atom. The van der Waals surface area contributed by atoms with E-state index in [1.807, 2.05) is 43.3 Å². The average molecular weight is 380 g/mol. The fourth-order valence-electron chi connectivity index (χ4n) is 2.60. The molecule has 2 aromatic rings. The van der Waals surface area contributed by atoms with Crippen LogP contribution in [0.3, 0.4) is 0 Å². The van der Waals surface area contributed by atoms with Gasteiger partial charge in [0.05, 0.1) is 16.4 Å². The summed E-state index contributed by atoms with van der Waals surface area (Å²) in [6.45, 7) is 1.96. The van der Waals surface area contributed by atoms with Crippen LogP contribution in [0.2, 0.25) is 0 Å². The number of thioether (sulfide) groups is 1. The highest BCUT2D eigenvalue weighted by Crippen LogP contribution is 2.33. The van der Waals surface area contributed by atoms with Crippen molar-refractivity contribution in [2.75, 3.05) is 0 Å². The molecule has 0 unspecified atom stereocenters. The van der Waals surface area contributed by atoms with Gasteiger partial charge in [-0.05, 0) is 41.5 Å². The third-order valence-electron chi connectivity index (χ3n) is 3.91. The predicted molar refractivity (Wildman–Crippen MR) is 105 cm³/mol. The fourth-order valence-corrected chi connectivity index (χ4v) is 3.49. The Morgan fingerprint density at radius 2 is 1.78 bits per heavy atom. The molecule has 6 nitrogen and oxygen atoms in total. The summed E-state index contributed by atoms with van der Waals surface area (Å²) in [5.74, 6) is -0.357. The van der Waals surface area contributed by atoms with Gasteiger partial charge in [0.2, 0.25) is 0 Å². The highest BCUT2D eigenvalue weighted by Gasteiger charge is 2.34. The molecule has 0 N–H and O–H groups in total. The molecular formula is C20H16N2O4S. The summed E-state index contributed by atoms with van der Waals surface area (Å²) >= 11 is 0.897. The van der Waals surface area contributed by atoms with Crippen LogP contribution in [0.1, 0.15) is 18.1 Å². The second kappa shape index (κ2) is 8.01. The number of amides is 2. The van der Waals surface area contributed by atoms with Crippen LogP contribution in [0.4, 0.5) is 10.5 Å². The molecule has 0 aromatic heterocycles. The number of allylic oxidation sites excluding steroid dienone is 2. The van der Waals surface area contributed by atoms with Crippen molar-refractivity contribution in [3.63, 3.8) is 0 Å². The molecule has 27 heavy (non-hydrogen) atoms. The van der Waals surface area contributed by atoms with Gasteiger partial charge in [0.1, 0.15) is 0 Å². The Labute approximate surface area is 160 Å². The molecule has 136 valence electrons. The Hall–Kier alpha value is -3.19. The number of carbonyl (C=O) groups excluding carboxylic acids is 2. The minimum atomic E-state index is -0.492. The van der Waals surface area contributed by atoms with E-state index in [0.717, 1.165) is 27.8 Å². The molecule has 1 saturated heterocycles. The highest BCUT2D eigenvalue weighted by molar-refractivity contribution is 8.18. The first-order chi connectivity index (χ1) is 12.9. The first kappa shape index (κ1) is 18.6. The third-order valence-corrected chi connectivity index (χ3v) is 4.82. The number of non-ortho nitro benzene ring substituents is 1. The van der Waals surface area contributed by atoms with Gasteiger partial charge in [0.25, 0.3) is 16.8 Å². The van der Waals surface area contributed by atoms with Gasteiger partial charge in [-0.1, -0.05) is 48.5 Å². The van der Waals surface area contributed by atoms with Crippen molar-refractivity contribution in [2.24, 2.45) is 0 Å². The molecule has 1 aliphatic rings. The van der Waals surface area contributed by atoms with Crippen LogP contribution in [0.5, 0.6) is 0 Å². The fraction of sp³-hybridized carbons (Fsp3) is 0.100. The van der Waals surface area contributed by atoms with Gasteiger partial charge in [0.15, 0.2) is 0 Å².